The molecular weight excluding hydrogens is 328 g/mol. The number of hydrogen-bond acceptors (Lipinski definition) is 4. The molecule has 0 aliphatic heterocycles. The molecule has 2 heterocycles. The summed E-state index contributed by atoms with van der Waals surface area (Å²) in [7, 11) is -3.54. The summed E-state index contributed by atoms with van der Waals surface area (Å²) < 4.78 is 33.6. The van der Waals surface area contributed by atoms with Gasteiger partial charge in [0.15, 0.2) is 0 Å². The maximum atomic E-state index is 12.4. The van der Waals surface area contributed by atoms with E-state index in [2.05, 4.69) is 4.72 Å². The molecule has 0 aliphatic rings. The second-order valence-corrected chi connectivity index (χ2v) is 7.45. The minimum absolute atomic E-state index is 0.0872. The standard InChI is InChI=1S/C17H18N2O4S/c1-13(16-7-4-11-23-16)18-24(21,22)12-10-19-9-8-14-5-2-3-6-15(14)17(19)20/h2-9,11,13,18H,10,12H2,1H3/t13-/m1/s1. The van der Waals surface area contributed by atoms with Crippen LogP contribution in [0.2, 0.25) is 0 Å². The zero-order valence-corrected chi connectivity index (χ0v) is 14.0. The molecular formula is C17H18N2O4S. The predicted octanol–water partition coefficient (Wildman–Crippen LogP) is 2.28. The van der Waals surface area contributed by atoms with Crippen LogP contribution >= 0.6 is 0 Å². The Balaban J connectivity index is 1.73. The number of nitrogens with zero attached hydrogens (tertiary/aromatic N) is 1. The Kier molecular flexibility index (Phi) is 4.55. The largest absolute Gasteiger partial charge is 0.468 e. The molecule has 0 spiro atoms. The first-order chi connectivity index (χ1) is 11.5. The van der Waals surface area contributed by atoms with Crippen LogP contribution in [0.1, 0.15) is 18.7 Å². The third kappa shape index (κ3) is 3.58. The summed E-state index contributed by atoms with van der Waals surface area (Å²) in [6, 6.07) is 12.0. The molecule has 0 aliphatic carbocycles. The lowest BCUT2D eigenvalue weighted by atomic mass is 10.2. The second kappa shape index (κ2) is 6.62. The molecule has 0 fully saturated rings. The molecule has 0 saturated carbocycles. The van der Waals surface area contributed by atoms with Crippen molar-refractivity contribution >= 4 is 20.8 Å². The van der Waals surface area contributed by atoms with Crippen molar-refractivity contribution < 1.29 is 12.8 Å². The molecule has 0 radical (unpaired) electrons. The lowest BCUT2D eigenvalue weighted by Gasteiger charge is -2.13. The number of aryl methyl sites for hydroxylation is 1. The number of pyridine rings is 1. The topological polar surface area (TPSA) is 81.3 Å². The van der Waals surface area contributed by atoms with Gasteiger partial charge in [-0.15, -0.1) is 0 Å². The Labute approximate surface area is 139 Å². The van der Waals surface area contributed by atoms with Gasteiger partial charge in [0, 0.05) is 18.1 Å². The molecule has 6 nitrogen and oxygen atoms in total. The van der Waals surface area contributed by atoms with Crippen molar-refractivity contribution in [3.63, 3.8) is 0 Å². The van der Waals surface area contributed by atoms with Crippen LogP contribution in [0, 0.1) is 0 Å². The number of sulfonamides is 1. The molecule has 126 valence electrons. The van der Waals surface area contributed by atoms with Crippen LogP contribution in [0.5, 0.6) is 0 Å². The summed E-state index contributed by atoms with van der Waals surface area (Å²) in [5.41, 5.74) is -0.192. The highest BCUT2D eigenvalue weighted by molar-refractivity contribution is 7.89. The van der Waals surface area contributed by atoms with Gasteiger partial charge in [-0.1, -0.05) is 18.2 Å². The van der Waals surface area contributed by atoms with Gasteiger partial charge in [-0.3, -0.25) is 4.79 Å². The van der Waals surface area contributed by atoms with E-state index in [9.17, 15) is 13.2 Å². The highest BCUT2D eigenvalue weighted by Crippen LogP contribution is 2.13. The van der Waals surface area contributed by atoms with Crippen molar-refractivity contribution in [1.29, 1.82) is 0 Å². The van der Waals surface area contributed by atoms with E-state index in [0.29, 0.717) is 11.1 Å². The summed E-state index contributed by atoms with van der Waals surface area (Å²) in [6.45, 7) is 1.79. The van der Waals surface area contributed by atoms with Crippen LogP contribution in [0.4, 0.5) is 0 Å². The third-order valence-electron chi connectivity index (χ3n) is 3.81. The normalized spacial score (nSPS) is 13.2. The van der Waals surface area contributed by atoms with Crippen molar-refractivity contribution in [3.8, 4) is 0 Å². The van der Waals surface area contributed by atoms with Gasteiger partial charge in [0.25, 0.3) is 5.56 Å². The Morgan fingerprint density at radius 1 is 1.17 bits per heavy atom. The smallest absolute Gasteiger partial charge is 0.258 e. The summed E-state index contributed by atoms with van der Waals surface area (Å²) >= 11 is 0. The number of nitrogens with one attached hydrogen (secondary N) is 1. The van der Waals surface area contributed by atoms with E-state index in [4.69, 9.17) is 4.42 Å². The number of aromatic nitrogens is 1. The lowest BCUT2D eigenvalue weighted by molar-refractivity contribution is 0.458. The van der Waals surface area contributed by atoms with Crippen LogP contribution in [-0.2, 0) is 16.6 Å². The summed E-state index contributed by atoms with van der Waals surface area (Å²) in [5.74, 6) is 0.359. The van der Waals surface area contributed by atoms with Gasteiger partial charge in [0.1, 0.15) is 5.76 Å². The van der Waals surface area contributed by atoms with Gasteiger partial charge in [-0.2, -0.15) is 0 Å². The lowest BCUT2D eigenvalue weighted by Crippen LogP contribution is -2.32. The second-order valence-electron chi connectivity index (χ2n) is 5.58. The van der Waals surface area contributed by atoms with Crippen molar-refractivity contribution in [2.45, 2.75) is 19.5 Å². The fraction of sp³-hybridized carbons (Fsp3) is 0.235. The first-order valence-electron chi connectivity index (χ1n) is 7.58. The molecule has 0 amide bonds. The number of rotatable bonds is 6. The van der Waals surface area contributed by atoms with Gasteiger partial charge in [0.05, 0.1) is 18.1 Å². The molecule has 24 heavy (non-hydrogen) atoms. The summed E-state index contributed by atoms with van der Waals surface area (Å²) in [6.07, 6.45) is 3.12. The van der Waals surface area contributed by atoms with E-state index in [-0.39, 0.29) is 17.9 Å². The first-order valence-corrected chi connectivity index (χ1v) is 9.23. The van der Waals surface area contributed by atoms with E-state index < -0.39 is 16.1 Å². The monoisotopic (exact) mass is 346 g/mol. The van der Waals surface area contributed by atoms with E-state index in [1.165, 1.54) is 10.8 Å². The van der Waals surface area contributed by atoms with Gasteiger partial charge in [-0.25, -0.2) is 13.1 Å². The Bertz CT molecular complexity index is 991. The minimum Gasteiger partial charge on any atom is -0.468 e. The Hall–Kier alpha value is -2.38. The van der Waals surface area contributed by atoms with Crippen LogP contribution in [0.15, 0.2) is 64.1 Å². The van der Waals surface area contributed by atoms with Crippen LogP contribution in [-0.4, -0.2) is 18.7 Å². The fourth-order valence-corrected chi connectivity index (χ4v) is 3.76. The van der Waals surface area contributed by atoms with Gasteiger partial charge >= 0.3 is 0 Å². The van der Waals surface area contributed by atoms with Gasteiger partial charge in [0.2, 0.25) is 10.0 Å². The highest BCUT2D eigenvalue weighted by atomic mass is 32.2. The number of benzene rings is 1. The van der Waals surface area contributed by atoms with E-state index in [1.54, 1.807) is 37.4 Å². The quantitative estimate of drug-likeness (QED) is 0.742. The molecule has 0 bridgehead atoms. The molecule has 3 aromatic rings. The van der Waals surface area contributed by atoms with Gasteiger partial charge < -0.3 is 8.98 Å². The van der Waals surface area contributed by atoms with E-state index in [0.717, 1.165) is 5.39 Å². The van der Waals surface area contributed by atoms with E-state index >= 15 is 0 Å². The van der Waals surface area contributed by atoms with Crippen molar-refractivity contribution in [2.24, 2.45) is 0 Å². The minimum atomic E-state index is -3.54. The summed E-state index contributed by atoms with van der Waals surface area (Å²) in [4.78, 5) is 12.4. The third-order valence-corrected chi connectivity index (χ3v) is 5.25. The van der Waals surface area contributed by atoms with Gasteiger partial charge in [-0.05, 0) is 36.6 Å². The molecule has 1 N–H and O–H groups in total. The average Bonchev–Trinajstić information content (AvgIpc) is 3.09. The van der Waals surface area contributed by atoms with Crippen LogP contribution in [0.25, 0.3) is 10.8 Å². The van der Waals surface area contributed by atoms with Crippen molar-refractivity contribution in [2.75, 3.05) is 5.75 Å². The molecule has 7 heteroatoms. The summed E-state index contributed by atoms with van der Waals surface area (Å²) in [5, 5.41) is 1.42. The molecule has 2 aromatic heterocycles. The average molecular weight is 346 g/mol. The molecule has 1 aromatic carbocycles. The number of fused-ring (bicyclic) bond motifs is 1. The van der Waals surface area contributed by atoms with Crippen molar-refractivity contribution in [3.05, 3.63) is 71.0 Å². The maximum Gasteiger partial charge on any atom is 0.258 e. The molecule has 3 rings (SSSR count). The SMILES string of the molecule is C[C@@H](NS(=O)(=O)CCn1ccc2ccccc2c1=O)c1ccco1. The number of hydrogen-bond donors (Lipinski definition) is 1. The van der Waals surface area contributed by atoms with Crippen molar-refractivity contribution in [1.82, 2.24) is 9.29 Å². The molecule has 0 saturated heterocycles. The Morgan fingerprint density at radius 2 is 1.96 bits per heavy atom. The van der Waals surface area contributed by atoms with E-state index in [1.807, 2.05) is 18.2 Å². The zero-order valence-electron chi connectivity index (χ0n) is 13.2. The molecule has 0 unspecified atom stereocenters. The number of furan rings is 1. The Morgan fingerprint density at radius 3 is 2.71 bits per heavy atom. The highest BCUT2D eigenvalue weighted by Gasteiger charge is 2.18. The van der Waals surface area contributed by atoms with Crippen LogP contribution in [0.3, 0.4) is 0 Å². The first kappa shape index (κ1) is 16.5. The van der Waals surface area contributed by atoms with Crippen LogP contribution < -0.4 is 10.3 Å². The fourth-order valence-electron chi connectivity index (χ4n) is 2.55. The zero-order chi connectivity index (χ0) is 17.2. The maximum absolute atomic E-state index is 12.4. The predicted molar refractivity (Wildman–Crippen MR) is 92.3 cm³/mol. The molecule has 1 atom stereocenters.